The van der Waals surface area contributed by atoms with E-state index in [0.717, 1.165) is 0 Å². The van der Waals surface area contributed by atoms with E-state index in [1.54, 1.807) is 0 Å². The summed E-state index contributed by atoms with van der Waals surface area (Å²) in [6.07, 6.45) is -8.68. The predicted molar refractivity (Wildman–Crippen MR) is 43.7 cm³/mol. The summed E-state index contributed by atoms with van der Waals surface area (Å²) in [4.78, 5) is 2.98. The maximum atomic E-state index is 13.0. The highest BCUT2D eigenvalue weighted by Gasteiger charge is 2.35. The van der Waals surface area contributed by atoms with Gasteiger partial charge in [0.05, 0.1) is 5.69 Å². The number of alkyl halides is 5. The number of pyridine rings is 1. The Morgan fingerprint density at radius 1 is 1.35 bits per heavy atom. The number of ether oxygens (including phenoxy) is 1. The molecule has 1 heterocycles. The van der Waals surface area contributed by atoms with E-state index in [2.05, 4.69) is 9.72 Å². The summed E-state index contributed by atoms with van der Waals surface area (Å²) in [5.74, 6) is -3.07. The minimum Gasteiger partial charge on any atom is -0.405 e. The van der Waals surface area contributed by atoms with Crippen molar-refractivity contribution in [2.75, 3.05) is 0 Å². The molecular weight excluding hydrogens is 254 g/mol. The third-order valence-electron chi connectivity index (χ3n) is 1.68. The fourth-order valence-electron chi connectivity index (χ4n) is 1.06. The van der Waals surface area contributed by atoms with Crippen LogP contribution < -0.4 is 10.5 Å². The van der Waals surface area contributed by atoms with Gasteiger partial charge in [-0.1, -0.05) is 0 Å². The number of halogens is 6. The summed E-state index contributed by atoms with van der Waals surface area (Å²) in [5.41, 5.74) is 3.15. The second kappa shape index (κ2) is 4.78. The maximum Gasteiger partial charge on any atom is 0.573 e. The summed E-state index contributed by atoms with van der Waals surface area (Å²) in [7, 11) is 0. The van der Waals surface area contributed by atoms with Gasteiger partial charge in [0.15, 0.2) is 0 Å². The molecule has 9 heteroatoms. The molecule has 17 heavy (non-hydrogen) atoms. The number of hydrogen-bond acceptors (Lipinski definition) is 3. The fourth-order valence-corrected chi connectivity index (χ4v) is 1.06. The van der Waals surface area contributed by atoms with Gasteiger partial charge in [0, 0.05) is 12.6 Å². The van der Waals surface area contributed by atoms with Gasteiger partial charge in [-0.15, -0.1) is 13.2 Å². The molecule has 0 saturated heterocycles. The molecule has 0 bridgehead atoms. The zero-order valence-corrected chi connectivity index (χ0v) is 8.06. The molecule has 3 nitrogen and oxygen atoms in total. The third kappa shape index (κ3) is 3.48. The topological polar surface area (TPSA) is 48.1 Å². The van der Waals surface area contributed by atoms with Crippen LogP contribution in [0.15, 0.2) is 6.07 Å². The Balaban J connectivity index is 3.27. The van der Waals surface area contributed by atoms with E-state index in [-0.39, 0.29) is 5.69 Å². The molecule has 0 saturated carbocycles. The molecule has 1 rings (SSSR count). The second-order valence-electron chi connectivity index (χ2n) is 2.87. The third-order valence-corrected chi connectivity index (χ3v) is 1.68. The molecule has 1 aromatic heterocycles. The molecular formula is C8H6F6N2O. The van der Waals surface area contributed by atoms with Crippen LogP contribution in [0.1, 0.15) is 17.7 Å². The lowest BCUT2D eigenvalue weighted by molar-refractivity contribution is -0.275. The van der Waals surface area contributed by atoms with Crippen molar-refractivity contribution in [3.8, 4) is 5.75 Å². The van der Waals surface area contributed by atoms with E-state index in [1.807, 2.05) is 0 Å². The molecule has 0 fully saturated rings. The van der Waals surface area contributed by atoms with Gasteiger partial charge < -0.3 is 10.5 Å². The largest absolute Gasteiger partial charge is 0.573 e. The van der Waals surface area contributed by atoms with Gasteiger partial charge in [-0.3, -0.25) is 0 Å². The van der Waals surface area contributed by atoms with Gasteiger partial charge in [-0.2, -0.15) is 4.39 Å². The molecule has 0 aliphatic rings. The van der Waals surface area contributed by atoms with Crippen LogP contribution in [-0.4, -0.2) is 11.3 Å². The lowest BCUT2D eigenvalue weighted by Crippen LogP contribution is -2.19. The van der Waals surface area contributed by atoms with Gasteiger partial charge >= 0.3 is 6.36 Å². The minimum absolute atomic E-state index is 0.328. The molecule has 0 atom stereocenters. The van der Waals surface area contributed by atoms with Gasteiger partial charge in [-0.25, -0.2) is 13.8 Å². The number of aromatic nitrogens is 1. The van der Waals surface area contributed by atoms with Crippen LogP contribution in [0.3, 0.4) is 0 Å². The quantitative estimate of drug-likeness (QED) is 0.671. The van der Waals surface area contributed by atoms with Crippen molar-refractivity contribution in [3.63, 3.8) is 0 Å². The Labute approximate surface area is 91.2 Å². The Hall–Kier alpha value is -1.51. The van der Waals surface area contributed by atoms with Crippen molar-refractivity contribution in [1.29, 1.82) is 0 Å². The van der Waals surface area contributed by atoms with Crippen molar-refractivity contribution in [1.82, 2.24) is 4.98 Å². The molecule has 0 unspecified atom stereocenters. The number of nitrogens with zero attached hydrogens (tertiary/aromatic N) is 1. The summed E-state index contributed by atoms with van der Waals surface area (Å²) < 4.78 is 76.7. The molecule has 0 aromatic carbocycles. The lowest BCUT2D eigenvalue weighted by atomic mass is 10.2. The summed E-state index contributed by atoms with van der Waals surface area (Å²) >= 11 is 0. The van der Waals surface area contributed by atoms with E-state index in [9.17, 15) is 26.3 Å². The lowest BCUT2D eigenvalue weighted by Gasteiger charge is -2.14. The maximum absolute atomic E-state index is 13.0. The Bertz CT molecular complexity index is 406. The minimum atomic E-state index is -5.21. The first-order chi connectivity index (χ1) is 7.74. The highest BCUT2D eigenvalue weighted by Crippen LogP contribution is 2.34. The van der Waals surface area contributed by atoms with Crippen LogP contribution in [0.5, 0.6) is 5.75 Å². The molecule has 0 amide bonds. The van der Waals surface area contributed by atoms with E-state index < -0.39 is 36.6 Å². The van der Waals surface area contributed by atoms with Gasteiger partial charge in [0.25, 0.3) is 6.43 Å². The first-order valence-electron chi connectivity index (χ1n) is 4.18. The second-order valence-corrected chi connectivity index (χ2v) is 2.87. The van der Waals surface area contributed by atoms with Gasteiger partial charge in [0.1, 0.15) is 11.3 Å². The molecule has 96 valence electrons. The first-order valence-corrected chi connectivity index (χ1v) is 4.18. The van der Waals surface area contributed by atoms with E-state index in [1.165, 1.54) is 0 Å². The highest BCUT2D eigenvalue weighted by atomic mass is 19.4. The van der Waals surface area contributed by atoms with Crippen molar-refractivity contribution >= 4 is 0 Å². The van der Waals surface area contributed by atoms with Crippen LogP contribution >= 0.6 is 0 Å². The summed E-state index contributed by atoms with van der Waals surface area (Å²) in [5, 5.41) is 0. The van der Waals surface area contributed by atoms with Crippen LogP contribution in [-0.2, 0) is 6.54 Å². The Kier molecular flexibility index (Phi) is 3.81. The predicted octanol–water partition coefficient (Wildman–Crippen LogP) is 2.52. The number of hydrogen-bond donors (Lipinski definition) is 1. The molecule has 1 aromatic rings. The van der Waals surface area contributed by atoms with Crippen molar-refractivity contribution in [3.05, 3.63) is 23.3 Å². The van der Waals surface area contributed by atoms with Crippen LogP contribution in [0.4, 0.5) is 26.3 Å². The van der Waals surface area contributed by atoms with Crippen LogP contribution in [0.2, 0.25) is 0 Å². The summed E-state index contributed by atoms with van der Waals surface area (Å²) in [6.45, 7) is -0.408. The summed E-state index contributed by atoms with van der Waals surface area (Å²) in [6, 6.07) is 0.526. The SMILES string of the molecule is NCc1cc(OC(F)(F)F)c(C(F)F)c(F)n1. The fraction of sp³-hybridized carbons (Fsp3) is 0.375. The molecule has 2 N–H and O–H groups in total. The van der Waals surface area contributed by atoms with E-state index in [0.29, 0.717) is 6.07 Å². The average Bonchev–Trinajstić information content (AvgIpc) is 2.13. The van der Waals surface area contributed by atoms with Crippen molar-refractivity contribution < 1.29 is 31.1 Å². The van der Waals surface area contributed by atoms with Crippen LogP contribution in [0, 0.1) is 5.95 Å². The molecule has 0 aliphatic heterocycles. The van der Waals surface area contributed by atoms with Crippen molar-refractivity contribution in [2.24, 2.45) is 5.73 Å². The molecule has 0 radical (unpaired) electrons. The van der Waals surface area contributed by atoms with E-state index in [4.69, 9.17) is 5.73 Å². The zero-order chi connectivity index (χ0) is 13.2. The number of rotatable bonds is 3. The van der Waals surface area contributed by atoms with Gasteiger partial charge in [-0.05, 0) is 0 Å². The smallest absolute Gasteiger partial charge is 0.405 e. The normalized spacial score (nSPS) is 12.0. The van der Waals surface area contributed by atoms with Gasteiger partial charge in [0.2, 0.25) is 5.95 Å². The standard InChI is InChI=1S/C8H6F6N2O/c9-6(10)5-4(17-8(12,13)14)1-3(2-15)16-7(5)11/h1,6H,2,15H2. The molecule has 0 spiro atoms. The first kappa shape index (κ1) is 13.6. The number of nitrogens with two attached hydrogens (primary N) is 1. The van der Waals surface area contributed by atoms with E-state index >= 15 is 0 Å². The highest BCUT2D eigenvalue weighted by molar-refractivity contribution is 5.35. The Morgan fingerprint density at radius 2 is 1.94 bits per heavy atom. The Morgan fingerprint density at radius 3 is 2.35 bits per heavy atom. The monoisotopic (exact) mass is 260 g/mol. The molecule has 0 aliphatic carbocycles. The zero-order valence-electron chi connectivity index (χ0n) is 8.06. The van der Waals surface area contributed by atoms with Crippen molar-refractivity contribution in [2.45, 2.75) is 19.3 Å². The average molecular weight is 260 g/mol. The van der Waals surface area contributed by atoms with Crippen LogP contribution in [0.25, 0.3) is 0 Å².